The Morgan fingerprint density at radius 3 is 2.15 bits per heavy atom. The summed E-state index contributed by atoms with van der Waals surface area (Å²) < 4.78 is 1.99. The number of rotatable bonds is 13. The number of pyridine rings is 1. The van der Waals surface area contributed by atoms with Gasteiger partial charge in [-0.25, -0.2) is 4.52 Å². The van der Waals surface area contributed by atoms with Crippen molar-refractivity contribution in [2.45, 2.75) is 92.4 Å². The van der Waals surface area contributed by atoms with Gasteiger partial charge in [-0.1, -0.05) is 72.2 Å². The molecule has 218 valence electrons. The summed E-state index contributed by atoms with van der Waals surface area (Å²) in [6, 6.07) is 13.0. The van der Waals surface area contributed by atoms with Crippen LogP contribution < -0.4 is 0 Å². The Labute approximate surface area is 242 Å². The summed E-state index contributed by atoms with van der Waals surface area (Å²) in [7, 11) is 0. The predicted molar refractivity (Wildman–Crippen MR) is 168 cm³/mol. The number of fused-ring (bicyclic) bond motifs is 1. The van der Waals surface area contributed by atoms with E-state index in [1.807, 2.05) is 16.8 Å². The van der Waals surface area contributed by atoms with Gasteiger partial charge in [-0.3, -0.25) is 4.79 Å². The standard InChI is InChI=1S/C35H52N4O/c1-26(2)16-22-38(23-17-27(3)4)35(40)31-18-24-39-33(25-31)32(11-10-21-37-19-8-7-9-20-37)34(36-39)30-14-12-29(13-15-30)28(5)6/h12-15,18,24-28H,7-11,16-17,19-23H2,1-6H3. The van der Waals surface area contributed by atoms with E-state index < -0.39 is 0 Å². The van der Waals surface area contributed by atoms with Crippen LogP contribution in [0.3, 0.4) is 0 Å². The Kier molecular flexibility index (Phi) is 10.8. The molecule has 5 heteroatoms. The zero-order chi connectivity index (χ0) is 28.6. The topological polar surface area (TPSA) is 40.9 Å². The number of aromatic nitrogens is 2. The van der Waals surface area contributed by atoms with E-state index in [4.69, 9.17) is 5.10 Å². The maximum Gasteiger partial charge on any atom is 0.253 e. The average Bonchev–Trinajstić information content (AvgIpc) is 3.31. The van der Waals surface area contributed by atoms with Crippen LogP contribution in [0.25, 0.3) is 16.8 Å². The molecule has 4 rings (SSSR count). The molecule has 0 saturated carbocycles. The summed E-state index contributed by atoms with van der Waals surface area (Å²) in [5, 5.41) is 5.07. The van der Waals surface area contributed by atoms with Crippen LogP contribution in [0.4, 0.5) is 0 Å². The summed E-state index contributed by atoms with van der Waals surface area (Å²) >= 11 is 0. The molecule has 40 heavy (non-hydrogen) atoms. The van der Waals surface area contributed by atoms with E-state index in [1.165, 1.54) is 43.5 Å². The highest BCUT2D eigenvalue weighted by Crippen LogP contribution is 2.30. The maximum atomic E-state index is 13.8. The number of nitrogens with zero attached hydrogens (tertiary/aromatic N) is 4. The lowest BCUT2D eigenvalue weighted by Gasteiger charge is -2.26. The van der Waals surface area contributed by atoms with Crippen molar-refractivity contribution in [2.24, 2.45) is 11.8 Å². The number of benzene rings is 1. The Morgan fingerprint density at radius 2 is 1.55 bits per heavy atom. The highest BCUT2D eigenvalue weighted by atomic mass is 16.2. The third-order valence-corrected chi connectivity index (χ3v) is 8.42. The minimum atomic E-state index is 0.145. The second-order valence-electron chi connectivity index (χ2n) is 13.0. The van der Waals surface area contributed by atoms with Crippen molar-refractivity contribution in [2.75, 3.05) is 32.7 Å². The van der Waals surface area contributed by atoms with Crippen LogP contribution in [0.15, 0.2) is 42.6 Å². The fourth-order valence-corrected chi connectivity index (χ4v) is 5.72. The number of hydrogen-bond acceptors (Lipinski definition) is 3. The molecule has 2 aromatic heterocycles. The summed E-state index contributed by atoms with van der Waals surface area (Å²) in [5.41, 5.74) is 6.66. The Hall–Kier alpha value is -2.66. The normalized spacial score (nSPS) is 14.6. The van der Waals surface area contributed by atoms with Gasteiger partial charge in [-0.15, -0.1) is 0 Å². The molecular formula is C35H52N4O. The molecule has 1 saturated heterocycles. The van der Waals surface area contributed by atoms with Crippen molar-refractivity contribution in [1.29, 1.82) is 0 Å². The first kappa shape index (κ1) is 30.3. The second kappa shape index (κ2) is 14.3. The molecule has 0 aliphatic carbocycles. The number of aryl methyl sites for hydroxylation is 1. The van der Waals surface area contributed by atoms with E-state index in [9.17, 15) is 4.79 Å². The summed E-state index contributed by atoms with van der Waals surface area (Å²) in [6.07, 6.45) is 10.1. The number of likely N-dealkylation sites (tertiary alicyclic amines) is 1. The van der Waals surface area contributed by atoms with Gasteiger partial charge in [0.1, 0.15) is 0 Å². The van der Waals surface area contributed by atoms with E-state index in [-0.39, 0.29) is 5.91 Å². The van der Waals surface area contributed by atoms with Crippen LogP contribution in [0.2, 0.25) is 0 Å². The van der Waals surface area contributed by atoms with Crippen LogP contribution in [0.5, 0.6) is 0 Å². The highest BCUT2D eigenvalue weighted by molar-refractivity contribution is 5.95. The van der Waals surface area contributed by atoms with Gasteiger partial charge in [0.15, 0.2) is 0 Å². The molecule has 0 spiro atoms. The zero-order valence-electron chi connectivity index (χ0n) is 26.0. The van der Waals surface area contributed by atoms with Gasteiger partial charge in [-0.05, 0) is 93.6 Å². The highest BCUT2D eigenvalue weighted by Gasteiger charge is 2.21. The number of amides is 1. The fourth-order valence-electron chi connectivity index (χ4n) is 5.72. The third-order valence-electron chi connectivity index (χ3n) is 8.42. The summed E-state index contributed by atoms with van der Waals surface area (Å²) in [6.45, 7) is 18.6. The van der Waals surface area contributed by atoms with Crippen LogP contribution in [0.1, 0.15) is 107 Å². The molecule has 0 unspecified atom stereocenters. The lowest BCUT2D eigenvalue weighted by Crippen LogP contribution is -2.34. The molecule has 0 atom stereocenters. The van der Waals surface area contributed by atoms with Crippen LogP contribution in [0, 0.1) is 11.8 Å². The van der Waals surface area contributed by atoms with Gasteiger partial charge < -0.3 is 9.80 Å². The van der Waals surface area contributed by atoms with Gasteiger partial charge in [-0.2, -0.15) is 5.10 Å². The van der Waals surface area contributed by atoms with E-state index in [0.717, 1.165) is 67.7 Å². The maximum absolute atomic E-state index is 13.8. The Balaban J connectivity index is 1.65. The van der Waals surface area contributed by atoms with Crippen LogP contribution in [-0.4, -0.2) is 58.0 Å². The molecule has 1 aliphatic heterocycles. The third kappa shape index (κ3) is 7.96. The molecule has 1 aromatic carbocycles. The zero-order valence-corrected chi connectivity index (χ0v) is 26.0. The molecule has 1 fully saturated rings. The van der Waals surface area contributed by atoms with Crippen molar-refractivity contribution in [3.8, 4) is 11.3 Å². The molecule has 5 nitrogen and oxygen atoms in total. The smallest absolute Gasteiger partial charge is 0.253 e. The van der Waals surface area contributed by atoms with E-state index in [2.05, 4.69) is 81.7 Å². The fraction of sp³-hybridized carbons (Fsp3) is 0.600. The van der Waals surface area contributed by atoms with E-state index in [0.29, 0.717) is 17.8 Å². The molecule has 0 radical (unpaired) electrons. The molecule has 0 N–H and O–H groups in total. The number of carbonyl (C=O) groups excluding carboxylic acids is 1. The Bertz CT molecular complexity index is 1210. The first-order valence-corrected chi connectivity index (χ1v) is 15.9. The molecule has 1 amide bonds. The van der Waals surface area contributed by atoms with Crippen LogP contribution >= 0.6 is 0 Å². The van der Waals surface area contributed by atoms with Crippen molar-refractivity contribution >= 4 is 11.4 Å². The minimum Gasteiger partial charge on any atom is -0.339 e. The molecule has 1 aliphatic rings. The number of piperidine rings is 1. The second-order valence-corrected chi connectivity index (χ2v) is 13.0. The first-order chi connectivity index (χ1) is 19.2. The van der Waals surface area contributed by atoms with Crippen molar-refractivity contribution < 1.29 is 4.79 Å². The van der Waals surface area contributed by atoms with Gasteiger partial charge in [0.05, 0.1) is 11.2 Å². The van der Waals surface area contributed by atoms with Gasteiger partial charge >= 0.3 is 0 Å². The largest absolute Gasteiger partial charge is 0.339 e. The van der Waals surface area contributed by atoms with E-state index in [1.54, 1.807) is 0 Å². The predicted octanol–water partition coefficient (Wildman–Crippen LogP) is 8.08. The number of hydrogen-bond donors (Lipinski definition) is 0. The van der Waals surface area contributed by atoms with Gasteiger partial charge in [0.2, 0.25) is 0 Å². The summed E-state index contributed by atoms with van der Waals surface area (Å²) in [4.78, 5) is 18.5. The molecule has 3 heterocycles. The van der Waals surface area contributed by atoms with Gasteiger partial charge in [0, 0.05) is 36.0 Å². The average molecular weight is 545 g/mol. The van der Waals surface area contributed by atoms with E-state index >= 15 is 0 Å². The lowest BCUT2D eigenvalue weighted by atomic mass is 9.97. The van der Waals surface area contributed by atoms with Crippen molar-refractivity contribution in [1.82, 2.24) is 19.4 Å². The lowest BCUT2D eigenvalue weighted by molar-refractivity contribution is 0.0741. The minimum absolute atomic E-state index is 0.145. The summed E-state index contributed by atoms with van der Waals surface area (Å²) in [5.74, 6) is 1.79. The monoisotopic (exact) mass is 544 g/mol. The molecule has 3 aromatic rings. The van der Waals surface area contributed by atoms with Crippen molar-refractivity contribution in [3.63, 3.8) is 0 Å². The SMILES string of the molecule is CC(C)CCN(CCC(C)C)C(=O)c1ccn2nc(-c3ccc(C(C)C)cc3)c(CCCN3CCCCC3)c2c1. The molecule has 0 bridgehead atoms. The Morgan fingerprint density at radius 1 is 0.900 bits per heavy atom. The first-order valence-electron chi connectivity index (χ1n) is 15.9. The van der Waals surface area contributed by atoms with Crippen molar-refractivity contribution in [3.05, 3.63) is 59.3 Å². The quantitative estimate of drug-likeness (QED) is 0.218. The van der Waals surface area contributed by atoms with Crippen LogP contribution in [-0.2, 0) is 6.42 Å². The van der Waals surface area contributed by atoms with Gasteiger partial charge in [0.25, 0.3) is 5.91 Å². The molecular weight excluding hydrogens is 492 g/mol. The number of carbonyl (C=O) groups is 1.